The summed E-state index contributed by atoms with van der Waals surface area (Å²) in [6, 6.07) is 69.6. The summed E-state index contributed by atoms with van der Waals surface area (Å²) < 4.78 is 0. The van der Waals surface area contributed by atoms with E-state index in [4.69, 9.17) is 0 Å². The van der Waals surface area contributed by atoms with E-state index in [1.54, 1.807) is 0 Å². The van der Waals surface area contributed by atoms with Gasteiger partial charge in [0.1, 0.15) is 0 Å². The lowest BCUT2D eigenvalue weighted by molar-refractivity contribution is 0.660. The molecule has 10 rings (SSSR count). The minimum atomic E-state index is -0.120. The number of benzene rings is 8. The Bertz CT molecular complexity index is 2690. The summed E-state index contributed by atoms with van der Waals surface area (Å²) in [7, 11) is 0. The minimum Gasteiger partial charge on any atom is -0.310 e. The summed E-state index contributed by atoms with van der Waals surface area (Å²) in [4.78, 5) is 2.47. The molecule has 0 fully saturated rings. The Morgan fingerprint density at radius 2 is 0.709 bits per heavy atom. The Hall–Kier alpha value is -6.44. The molecule has 1 nitrogen and oxygen atoms in total. The predicted octanol–water partition coefficient (Wildman–Crippen LogP) is 14.8. The van der Waals surface area contributed by atoms with Crippen molar-refractivity contribution in [3.05, 3.63) is 210 Å². The van der Waals surface area contributed by atoms with Crippen molar-refractivity contribution >= 4 is 17.1 Å². The molecule has 264 valence electrons. The minimum absolute atomic E-state index is 0.0634. The molecular weight excluding hydrogens is 663 g/mol. The molecule has 0 saturated heterocycles. The number of fused-ring (bicyclic) bond motifs is 6. The van der Waals surface area contributed by atoms with Gasteiger partial charge in [0.15, 0.2) is 0 Å². The molecular formula is C54H43N. The molecule has 8 aromatic carbocycles. The van der Waals surface area contributed by atoms with Crippen LogP contribution in [0.3, 0.4) is 0 Å². The summed E-state index contributed by atoms with van der Waals surface area (Å²) >= 11 is 0. The van der Waals surface area contributed by atoms with Gasteiger partial charge in [-0.15, -0.1) is 0 Å². The van der Waals surface area contributed by atoms with Crippen molar-refractivity contribution in [1.82, 2.24) is 0 Å². The van der Waals surface area contributed by atoms with Crippen LogP contribution >= 0.6 is 0 Å². The van der Waals surface area contributed by atoms with Gasteiger partial charge in [-0.05, 0) is 126 Å². The van der Waals surface area contributed by atoms with E-state index < -0.39 is 0 Å². The topological polar surface area (TPSA) is 3.24 Å². The second-order valence-corrected chi connectivity index (χ2v) is 16.2. The summed E-state index contributed by atoms with van der Waals surface area (Å²) in [5.74, 6) is 0. The van der Waals surface area contributed by atoms with Gasteiger partial charge >= 0.3 is 0 Å². The fourth-order valence-electron chi connectivity index (χ4n) is 9.32. The molecule has 1 heteroatoms. The van der Waals surface area contributed by atoms with Crippen LogP contribution in [0.1, 0.15) is 49.9 Å². The van der Waals surface area contributed by atoms with E-state index in [1.165, 1.54) is 77.9 Å². The van der Waals surface area contributed by atoms with Crippen LogP contribution in [0.5, 0.6) is 0 Å². The highest BCUT2D eigenvalue weighted by molar-refractivity contribution is 5.90. The van der Waals surface area contributed by atoms with Crippen LogP contribution in [-0.2, 0) is 10.8 Å². The van der Waals surface area contributed by atoms with Gasteiger partial charge < -0.3 is 4.90 Å². The van der Waals surface area contributed by atoms with Gasteiger partial charge in [0.2, 0.25) is 0 Å². The highest BCUT2D eigenvalue weighted by Crippen LogP contribution is 2.52. The van der Waals surface area contributed by atoms with Crippen molar-refractivity contribution in [3.63, 3.8) is 0 Å². The Labute approximate surface area is 325 Å². The molecule has 2 aliphatic rings. The molecule has 0 aromatic heterocycles. The van der Waals surface area contributed by atoms with E-state index in [9.17, 15) is 0 Å². The van der Waals surface area contributed by atoms with Gasteiger partial charge in [0.25, 0.3) is 0 Å². The lowest BCUT2D eigenvalue weighted by Gasteiger charge is -2.29. The molecule has 0 spiro atoms. The maximum Gasteiger partial charge on any atom is 0.0473 e. The van der Waals surface area contributed by atoms with Crippen LogP contribution in [0.15, 0.2) is 188 Å². The molecule has 0 saturated carbocycles. The third-order valence-electron chi connectivity index (χ3n) is 12.2. The average Bonchev–Trinajstić information content (AvgIpc) is 3.60. The van der Waals surface area contributed by atoms with Gasteiger partial charge in [-0.2, -0.15) is 0 Å². The number of hydrogen-bond donors (Lipinski definition) is 0. The van der Waals surface area contributed by atoms with Crippen LogP contribution in [-0.4, -0.2) is 0 Å². The third-order valence-corrected chi connectivity index (χ3v) is 12.2. The predicted molar refractivity (Wildman–Crippen MR) is 233 cm³/mol. The molecule has 0 aliphatic heterocycles. The molecule has 8 aromatic rings. The van der Waals surface area contributed by atoms with Gasteiger partial charge in [0.05, 0.1) is 0 Å². The molecule has 0 bridgehead atoms. The fourth-order valence-corrected chi connectivity index (χ4v) is 9.32. The Kier molecular flexibility index (Phi) is 7.58. The molecule has 0 atom stereocenters. The maximum absolute atomic E-state index is 2.47. The Morgan fingerprint density at radius 1 is 0.273 bits per heavy atom. The van der Waals surface area contributed by atoms with E-state index >= 15 is 0 Å². The molecule has 55 heavy (non-hydrogen) atoms. The monoisotopic (exact) mass is 705 g/mol. The van der Waals surface area contributed by atoms with Crippen LogP contribution in [0.2, 0.25) is 0 Å². The SMILES string of the molecule is CC1(C)c2ccccc2-c2ccc(-c3cccc(N(c4cc(-c5ccccc5)cc(-c5ccccc5)c4)c4ccc5c(c4)C(C)(C)c4ccccc4-5)c3)cc21. The Morgan fingerprint density at radius 3 is 1.31 bits per heavy atom. The van der Waals surface area contributed by atoms with Crippen molar-refractivity contribution in [1.29, 1.82) is 0 Å². The fraction of sp³-hybridized carbons (Fsp3) is 0.111. The van der Waals surface area contributed by atoms with Crippen molar-refractivity contribution in [2.75, 3.05) is 4.90 Å². The first kappa shape index (κ1) is 33.2. The first-order chi connectivity index (χ1) is 26.8. The number of anilines is 3. The lowest BCUT2D eigenvalue weighted by Crippen LogP contribution is -2.16. The van der Waals surface area contributed by atoms with Crippen LogP contribution in [0.4, 0.5) is 17.1 Å². The number of nitrogens with zero attached hydrogens (tertiary/aromatic N) is 1. The first-order valence-corrected chi connectivity index (χ1v) is 19.4. The van der Waals surface area contributed by atoms with Gasteiger partial charge in [-0.1, -0.05) is 167 Å². The summed E-state index contributed by atoms with van der Waals surface area (Å²) in [6.07, 6.45) is 0. The summed E-state index contributed by atoms with van der Waals surface area (Å²) in [5.41, 5.74) is 21.3. The van der Waals surface area contributed by atoms with Crippen molar-refractivity contribution in [2.45, 2.75) is 38.5 Å². The molecule has 0 heterocycles. The second-order valence-electron chi connectivity index (χ2n) is 16.2. The zero-order valence-corrected chi connectivity index (χ0v) is 31.8. The molecule has 0 radical (unpaired) electrons. The normalized spacial score (nSPS) is 14.1. The zero-order chi connectivity index (χ0) is 37.3. The molecule has 2 aliphatic carbocycles. The van der Waals surface area contributed by atoms with E-state index in [2.05, 4.69) is 221 Å². The smallest absolute Gasteiger partial charge is 0.0473 e. The molecule has 0 amide bonds. The second kappa shape index (κ2) is 12.6. The highest BCUT2D eigenvalue weighted by Gasteiger charge is 2.37. The van der Waals surface area contributed by atoms with Crippen LogP contribution < -0.4 is 4.90 Å². The average molecular weight is 706 g/mol. The standard InChI is InChI=1S/C54H43N/c1-53(2)49-24-13-11-22-45(49)47-28-26-39(34-51(47)53)38-20-15-21-42(31-38)55(43-27-29-48-46-23-12-14-25-50(46)54(3,4)52(48)35-43)44-32-40(36-16-7-5-8-17-36)30-41(33-44)37-18-9-6-10-19-37/h5-35H,1-4H3. The van der Waals surface area contributed by atoms with E-state index in [0.717, 1.165) is 17.1 Å². The zero-order valence-electron chi connectivity index (χ0n) is 31.8. The van der Waals surface area contributed by atoms with Gasteiger partial charge in [-0.25, -0.2) is 0 Å². The third kappa shape index (κ3) is 5.37. The largest absolute Gasteiger partial charge is 0.310 e. The van der Waals surface area contributed by atoms with Crippen molar-refractivity contribution < 1.29 is 0 Å². The molecule has 0 N–H and O–H groups in total. The first-order valence-electron chi connectivity index (χ1n) is 19.4. The van der Waals surface area contributed by atoms with Crippen LogP contribution in [0.25, 0.3) is 55.6 Å². The lowest BCUT2D eigenvalue weighted by atomic mass is 9.81. The van der Waals surface area contributed by atoms with E-state index in [1.807, 2.05) is 0 Å². The highest BCUT2D eigenvalue weighted by atomic mass is 15.1. The number of rotatable bonds is 6. The van der Waals surface area contributed by atoms with E-state index in [-0.39, 0.29) is 10.8 Å². The van der Waals surface area contributed by atoms with Gasteiger partial charge in [0, 0.05) is 27.9 Å². The summed E-state index contributed by atoms with van der Waals surface area (Å²) in [5, 5.41) is 0. The maximum atomic E-state index is 2.47. The van der Waals surface area contributed by atoms with Crippen molar-refractivity contribution in [2.24, 2.45) is 0 Å². The van der Waals surface area contributed by atoms with Crippen molar-refractivity contribution in [3.8, 4) is 55.6 Å². The Balaban J connectivity index is 1.17. The molecule has 0 unspecified atom stereocenters. The van der Waals surface area contributed by atoms with Gasteiger partial charge in [-0.3, -0.25) is 0 Å². The number of hydrogen-bond acceptors (Lipinski definition) is 1. The quantitative estimate of drug-likeness (QED) is 0.166. The van der Waals surface area contributed by atoms with Crippen LogP contribution in [0, 0.1) is 0 Å². The summed E-state index contributed by atoms with van der Waals surface area (Å²) in [6.45, 7) is 9.45. The van der Waals surface area contributed by atoms with E-state index in [0.29, 0.717) is 0 Å².